The predicted octanol–water partition coefficient (Wildman–Crippen LogP) is 4.34. The van der Waals surface area contributed by atoms with Crippen molar-refractivity contribution >= 4 is 5.97 Å². The third-order valence-corrected chi connectivity index (χ3v) is 10.5. The van der Waals surface area contributed by atoms with Crippen molar-refractivity contribution in [2.45, 2.75) is 216 Å². The van der Waals surface area contributed by atoms with Crippen LogP contribution >= 0.6 is 0 Å². The molecule has 2 heterocycles. The average molecular weight is 807 g/mol. The maximum atomic E-state index is 12.7. The van der Waals surface area contributed by atoms with Gasteiger partial charge in [0.25, 0.3) is 0 Å². The molecule has 11 atom stereocenters. The molecule has 0 aromatic rings. The van der Waals surface area contributed by atoms with Crippen molar-refractivity contribution in [1.82, 2.24) is 0 Å². The normalized spacial score (nSPS) is 28.9. The van der Waals surface area contributed by atoms with E-state index in [-0.39, 0.29) is 19.6 Å². The van der Waals surface area contributed by atoms with Gasteiger partial charge in [0, 0.05) is 13.0 Å². The fourth-order valence-electron chi connectivity index (χ4n) is 6.87. The van der Waals surface area contributed by atoms with Gasteiger partial charge in [0.05, 0.1) is 26.4 Å². The van der Waals surface area contributed by atoms with Crippen LogP contribution in [0.1, 0.15) is 149 Å². The first-order valence-corrected chi connectivity index (χ1v) is 21.8. The molecule has 56 heavy (non-hydrogen) atoms. The summed E-state index contributed by atoms with van der Waals surface area (Å²) in [5.41, 5.74) is 0. The van der Waals surface area contributed by atoms with Crippen LogP contribution in [0, 0.1) is 0 Å². The topological polar surface area (TPSA) is 214 Å². The molecule has 2 aliphatic heterocycles. The van der Waals surface area contributed by atoms with Crippen molar-refractivity contribution in [1.29, 1.82) is 0 Å². The molecular weight excluding hydrogens is 728 g/mol. The van der Waals surface area contributed by atoms with Crippen molar-refractivity contribution < 1.29 is 69.0 Å². The Bertz CT molecular complexity index is 985. The zero-order valence-corrected chi connectivity index (χ0v) is 34.4. The van der Waals surface area contributed by atoms with Gasteiger partial charge < -0.3 is 64.2 Å². The summed E-state index contributed by atoms with van der Waals surface area (Å²) < 4.78 is 33.9. The van der Waals surface area contributed by atoms with Gasteiger partial charge in [-0.2, -0.15) is 0 Å². The van der Waals surface area contributed by atoms with Crippen molar-refractivity contribution in [2.75, 3.05) is 33.0 Å². The number of hydrogen-bond acceptors (Lipinski definition) is 14. The highest BCUT2D eigenvalue weighted by Gasteiger charge is 2.47. The van der Waals surface area contributed by atoms with E-state index < -0.39 is 86.7 Å². The summed E-state index contributed by atoms with van der Waals surface area (Å²) in [5, 5.41) is 71.5. The lowest BCUT2D eigenvalue weighted by Crippen LogP contribution is -2.61. The van der Waals surface area contributed by atoms with E-state index >= 15 is 0 Å². The summed E-state index contributed by atoms with van der Waals surface area (Å²) >= 11 is 0. The van der Waals surface area contributed by atoms with Crippen molar-refractivity contribution in [3.63, 3.8) is 0 Å². The number of rotatable bonds is 33. The van der Waals surface area contributed by atoms with Gasteiger partial charge >= 0.3 is 5.97 Å². The number of allylic oxidation sites excluding steroid dienone is 2. The van der Waals surface area contributed by atoms with E-state index in [2.05, 4.69) is 26.0 Å². The zero-order chi connectivity index (χ0) is 41.0. The second-order valence-electron chi connectivity index (χ2n) is 15.5. The zero-order valence-electron chi connectivity index (χ0n) is 34.4. The Labute approximate surface area is 335 Å². The summed E-state index contributed by atoms with van der Waals surface area (Å²) in [7, 11) is 0. The summed E-state index contributed by atoms with van der Waals surface area (Å²) in [4.78, 5) is 12.7. The van der Waals surface area contributed by atoms with Crippen LogP contribution in [0.2, 0.25) is 0 Å². The standard InChI is InChI=1S/C42H78O14/c1-3-5-7-9-10-11-12-13-14-15-16-17-18-19-20-21-22-24-26-51-28-31(54-34(44)25-23-8-6-4-2)29-52-41-40(50)38(48)36(46)33(56-41)30-53-42-39(49)37(47)35(45)32(27-43)55-42/h13-14,31-33,35-43,45-50H,3-12,15-30H2,1-2H3/b14-13-. The fraction of sp³-hybridized carbons (Fsp3) is 0.929. The van der Waals surface area contributed by atoms with Gasteiger partial charge in [0.15, 0.2) is 12.6 Å². The van der Waals surface area contributed by atoms with Crippen molar-refractivity contribution in [3.05, 3.63) is 12.2 Å². The first-order chi connectivity index (χ1) is 27.1. The van der Waals surface area contributed by atoms with Gasteiger partial charge in [0.2, 0.25) is 0 Å². The molecule has 0 bridgehead atoms. The lowest BCUT2D eigenvalue weighted by Gasteiger charge is -2.42. The van der Waals surface area contributed by atoms with Crippen LogP contribution in [0.15, 0.2) is 12.2 Å². The second kappa shape index (κ2) is 31.6. The van der Waals surface area contributed by atoms with E-state index in [0.29, 0.717) is 13.0 Å². The van der Waals surface area contributed by atoms with Crippen LogP contribution in [-0.2, 0) is 33.2 Å². The molecule has 2 fully saturated rings. The molecule has 2 rings (SSSR count). The summed E-state index contributed by atoms with van der Waals surface area (Å²) in [6.07, 6.45) is 12.2. The Hall–Kier alpha value is -1.27. The minimum Gasteiger partial charge on any atom is -0.457 e. The van der Waals surface area contributed by atoms with Crippen LogP contribution < -0.4 is 0 Å². The lowest BCUT2D eigenvalue weighted by atomic mass is 9.98. The molecule has 0 aromatic heterocycles. The minimum atomic E-state index is -1.70. The smallest absolute Gasteiger partial charge is 0.306 e. The summed E-state index contributed by atoms with van der Waals surface area (Å²) in [5.74, 6) is -0.395. The molecule has 0 saturated carbocycles. The SMILES string of the molecule is CCCCCCCC/C=C\CCCCCCCCCCOCC(COC1OC(COC2OC(CO)C(O)C(O)C2O)C(O)C(O)C1O)OC(=O)CCCCCC. The number of hydrogen-bond donors (Lipinski definition) is 7. The highest BCUT2D eigenvalue weighted by Crippen LogP contribution is 2.26. The third kappa shape index (κ3) is 20.6. The van der Waals surface area contributed by atoms with Crippen LogP contribution in [0.4, 0.5) is 0 Å². The number of unbranched alkanes of at least 4 members (excludes halogenated alkanes) is 17. The number of aliphatic hydroxyl groups excluding tert-OH is 7. The molecule has 0 amide bonds. The van der Waals surface area contributed by atoms with Gasteiger partial charge in [-0.15, -0.1) is 0 Å². The maximum Gasteiger partial charge on any atom is 0.306 e. The van der Waals surface area contributed by atoms with E-state index in [4.69, 9.17) is 28.4 Å². The second-order valence-corrected chi connectivity index (χ2v) is 15.5. The van der Waals surface area contributed by atoms with Crippen molar-refractivity contribution in [2.24, 2.45) is 0 Å². The Morgan fingerprint density at radius 3 is 1.62 bits per heavy atom. The fourth-order valence-corrected chi connectivity index (χ4v) is 6.87. The molecule has 14 heteroatoms. The van der Waals surface area contributed by atoms with Gasteiger partial charge in [0.1, 0.15) is 54.9 Å². The number of carbonyl (C=O) groups is 1. The molecule has 0 aromatic carbocycles. The molecular formula is C42H78O14. The Morgan fingerprint density at radius 1 is 0.571 bits per heavy atom. The summed E-state index contributed by atoms with van der Waals surface area (Å²) in [6, 6.07) is 0. The van der Waals surface area contributed by atoms with Crippen LogP contribution in [-0.4, -0.2) is 142 Å². The molecule has 0 aliphatic carbocycles. The maximum absolute atomic E-state index is 12.7. The van der Waals surface area contributed by atoms with Crippen LogP contribution in [0.5, 0.6) is 0 Å². The van der Waals surface area contributed by atoms with Gasteiger partial charge in [-0.05, 0) is 38.5 Å². The largest absolute Gasteiger partial charge is 0.457 e. The molecule has 2 saturated heterocycles. The Morgan fingerprint density at radius 2 is 1.05 bits per heavy atom. The van der Waals surface area contributed by atoms with E-state index in [9.17, 15) is 40.5 Å². The average Bonchev–Trinajstić information content (AvgIpc) is 3.19. The Balaban J connectivity index is 1.72. The number of esters is 1. The van der Waals surface area contributed by atoms with Crippen LogP contribution in [0.3, 0.4) is 0 Å². The molecule has 0 radical (unpaired) electrons. The molecule has 330 valence electrons. The van der Waals surface area contributed by atoms with Gasteiger partial charge in [-0.25, -0.2) is 0 Å². The van der Waals surface area contributed by atoms with E-state index in [1.165, 1.54) is 83.5 Å². The lowest BCUT2D eigenvalue weighted by molar-refractivity contribution is -0.332. The number of carbonyl (C=O) groups excluding carboxylic acids is 1. The van der Waals surface area contributed by atoms with E-state index in [1.807, 2.05) is 0 Å². The molecule has 0 spiro atoms. The van der Waals surface area contributed by atoms with Gasteiger partial charge in [-0.3, -0.25) is 4.79 Å². The van der Waals surface area contributed by atoms with E-state index in [1.54, 1.807) is 0 Å². The first-order valence-electron chi connectivity index (χ1n) is 21.8. The number of ether oxygens (including phenoxy) is 6. The van der Waals surface area contributed by atoms with Crippen LogP contribution in [0.25, 0.3) is 0 Å². The third-order valence-electron chi connectivity index (χ3n) is 10.5. The quantitative estimate of drug-likeness (QED) is 0.0279. The Kier molecular flexibility index (Phi) is 28.7. The highest BCUT2D eigenvalue weighted by atomic mass is 16.7. The highest BCUT2D eigenvalue weighted by molar-refractivity contribution is 5.69. The molecule has 11 unspecified atom stereocenters. The first kappa shape index (κ1) is 50.9. The molecule has 2 aliphatic rings. The van der Waals surface area contributed by atoms with Gasteiger partial charge in [-0.1, -0.05) is 116 Å². The van der Waals surface area contributed by atoms with E-state index in [0.717, 1.165) is 38.5 Å². The van der Waals surface area contributed by atoms with Crippen molar-refractivity contribution in [3.8, 4) is 0 Å². The summed E-state index contributed by atoms with van der Waals surface area (Å²) in [6.45, 7) is 3.53. The number of aliphatic hydroxyl groups is 7. The minimum absolute atomic E-state index is 0.0613. The molecule has 14 nitrogen and oxygen atoms in total. The predicted molar refractivity (Wildman–Crippen MR) is 210 cm³/mol. The monoisotopic (exact) mass is 807 g/mol. The molecule has 7 N–H and O–H groups in total.